The molecule has 3 aliphatic rings. The summed E-state index contributed by atoms with van der Waals surface area (Å²) < 4.78 is 17.5. The van der Waals surface area contributed by atoms with Crippen LogP contribution in [0, 0.1) is 0 Å². The summed E-state index contributed by atoms with van der Waals surface area (Å²) in [6, 6.07) is 9.42. The molecule has 0 amide bonds. The second kappa shape index (κ2) is 9.19. The predicted molar refractivity (Wildman–Crippen MR) is 131 cm³/mol. The SMILES string of the molecule is CC1(C)OCC(COC(=O)Cn2nnc(-c3ccccc3)n2)(Nc2nc(N3CC3)nc(N3CC3)n2)CO1. The molecule has 0 aliphatic carbocycles. The molecule has 0 saturated carbocycles. The molecule has 0 bridgehead atoms. The number of aromatic nitrogens is 7. The van der Waals surface area contributed by atoms with E-state index in [-0.39, 0.29) is 26.4 Å². The van der Waals surface area contributed by atoms with Crippen LogP contribution in [0.2, 0.25) is 0 Å². The van der Waals surface area contributed by atoms with E-state index in [1.54, 1.807) is 0 Å². The third kappa shape index (κ3) is 5.59. The molecular weight excluding hydrogens is 480 g/mol. The molecule has 2 aromatic heterocycles. The molecule has 194 valence electrons. The summed E-state index contributed by atoms with van der Waals surface area (Å²) in [5.41, 5.74) is -0.0883. The molecule has 3 saturated heterocycles. The Balaban J connectivity index is 1.15. The zero-order valence-electron chi connectivity index (χ0n) is 20.7. The molecule has 0 spiro atoms. The van der Waals surface area contributed by atoms with Gasteiger partial charge in [0.2, 0.25) is 23.7 Å². The van der Waals surface area contributed by atoms with Crippen molar-refractivity contribution in [3.63, 3.8) is 0 Å². The quantitative estimate of drug-likeness (QED) is 0.313. The van der Waals surface area contributed by atoms with E-state index in [1.807, 2.05) is 44.2 Å². The number of nitrogens with one attached hydrogen (secondary N) is 1. The number of anilines is 3. The van der Waals surface area contributed by atoms with Crippen LogP contribution in [0.1, 0.15) is 13.8 Å². The molecule has 0 unspecified atom stereocenters. The van der Waals surface area contributed by atoms with Crippen LogP contribution in [0.3, 0.4) is 0 Å². The lowest BCUT2D eigenvalue weighted by molar-refractivity contribution is -0.267. The number of rotatable bonds is 9. The van der Waals surface area contributed by atoms with Gasteiger partial charge in [-0.1, -0.05) is 30.3 Å². The van der Waals surface area contributed by atoms with E-state index in [4.69, 9.17) is 14.2 Å². The molecule has 0 radical (unpaired) electrons. The Bertz CT molecular complexity index is 1240. The maximum absolute atomic E-state index is 12.7. The highest BCUT2D eigenvalue weighted by Crippen LogP contribution is 2.29. The Kier molecular flexibility index (Phi) is 5.83. The second-order valence-corrected chi connectivity index (χ2v) is 9.79. The van der Waals surface area contributed by atoms with Gasteiger partial charge in [0.1, 0.15) is 12.1 Å². The number of ether oxygens (including phenoxy) is 3. The highest BCUT2D eigenvalue weighted by molar-refractivity contribution is 5.69. The zero-order chi connectivity index (χ0) is 25.5. The third-order valence-corrected chi connectivity index (χ3v) is 6.11. The van der Waals surface area contributed by atoms with Crippen molar-refractivity contribution in [2.24, 2.45) is 0 Å². The van der Waals surface area contributed by atoms with Gasteiger partial charge in [0.25, 0.3) is 0 Å². The first-order chi connectivity index (χ1) is 17.9. The Morgan fingerprint density at radius 1 is 1.00 bits per heavy atom. The van der Waals surface area contributed by atoms with E-state index < -0.39 is 17.3 Å². The summed E-state index contributed by atoms with van der Waals surface area (Å²) in [5, 5.41) is 15.6. The summed E-state index contributed by atoms with van der Waals surface area (Å²) in [6.07, 6.45) is 0. The first kappa shape index (κ1) is 23.5. The van der Waals surface area contributed by atoms with Gasteiger partial charge < -0.3 is 29.3 Å². The summed E-state index contributed by atoms with van der Waals surface area (Å²) >= 11 is 0. The van der Waals surface area contributed by atoms with E-state index in [2.05, 4.69) is 45.5 Å². The molecule has 14 nitrogen and oxygen atoms in total. The molecule has 1 aromatic carbocycles. The van der Waals surface area contributed by atoms with Gasteiger partial charge >= 0.3 is 5.97 Å². The highest BCUT2D eigenvalue weighted by Gasteiger charge is 2.42. The van der Waals surface area contributed by atoms with Crippen molar-refractivity contribution in [1.29, 1.82) is 0 Å². The molecule has 0 atom stereocenters. The number of esters is 1. The smallest absolute Gasteiger partial charge is 0.329 e. The number of carbonyl (C=O) groups excluding carboxylic acids is 1. The third-order valence-electron chi connectivity index (χ3n) is 6.11. The van der Waals surface area contributed by atoms with Gasteiger partial charge in [-0.15, -0.1) is 10.2 Å². The average molecular weight is 509 g/mol. The van der Waals surface area contributed by atoms with Crippen LogP contribution in [0.4, 0.5) is 17.8 Å². The van der Waals surface area contributed by atoms with Gasteiger partial charge in [-0.05, 0) is 19.1 Å². The van der Waals surface area contributed by atoms with Gasteiger partial charge in [0, 0.05) is 31.7 Å². The Morgan fingerprint density at radius 2 is 1.65 bits per heavy atom. The normalized spacial score (nSPS) is 19.4. The van der Waals surface area contributed by atoms with Crippen molar-refractivity contribution >= 4 is 23.8 Å². The summed E-state index contributed by atoms with van der Waals surface area (Å²) in [4.78, 5) is 31.8. The minimum absolute atomic E-state index is 0.0358. The standard InChI is InChI=1S/C23H28N10O4/c1-22(2)36-14-23(15-37-22,27-19-24-20(31-8-9-31)26-21(25-19)32-10-11-32)13-35-17(34)12-33-29-18(28-30-33)16-6-4-3-5-7-16/h3-7H,8-15H2,1-2H3,(H,24,25,26,27). The topological polar surface area (TPSA) is 145 Å². The van der Waals surface area contributed by atoms with Gasteiger partial charge in [-0.2, -0.15) is 19.7 Å². The van der Waals surface area contributed by atoms with Crippen molar-refractivity contribution in [2.75, 3.05) is 61.1 Å². The lowest BCUT2D eigenvalue weighted by Gasteiger charge is -2.43. The Morgan fingerprint density at radius 3 is 2.27 bits per heavy atom. The summed E-state index contributed by atoms with van der Waals surface area (Å²) in [6.45, 7) is 7.53. The number of hydrogen-bond acceptors (Lipinski definition) is 13. The largest absolute Gasteiger partial charge is 0.462 e. The van der Waals surface area contributed by atoms with Crippen LogP contribution >= 0.6 is 0 Å². The van der Waals surface area contributed by atoms with E-state index in [0.717, 1.165) is 31.7 Å². The summed E-state index contributed by atoms with van der Waals surface area (Å²) in [5.74, 6) is 0.775. The number of hydrogen-bond donors (Lipinski definition) is 1. The maximum Gasteiger partial charge on any atom is 0.329 e. The van der Waals surface area contributed by atoms with Crippen molar-refractivity contribution in [2.45, 2.75) is 31.7 Å². The van der Waals surface area contributed by atoms with Crippen LogP contribution in [-0.4, -0.2) is 98.5 Å². The molecule has 5 heterocycles. The minimum atomic E-state index is -0.899. The fraction of sp³-hybridized carbons (Fsp3) is 0.522. The Hall–Kier alpha value is -3.91. The van der Waals surface area contributed by atoms with E-state index in [0.29, 0.717) is 23.7 Å². The van der Waals surface area contributed by atoms with Crippen LogP contribution in [0.15, 0.2) is 30.3 Å². The average Bonchev–Trinajstić information content (AvgIpc) is 3.83. The number of tetrazole rings is 1. The number of nitrogens with zero attached hydrogens (tertiary/aromatic N) is 9. The van der Waals surface area contributed by atoms with E-state index >= 15 is 0 Å². The lowest BCUT2D eigenvalue weighted by atomic mass is 10.0. The molecule has 3 fully saturated rings. The fourth-order valence-electron chi connectivity index (χ4n) is 3.72. The fourth-order valence-corrected chi connectivity index (χ4v) is 3.72. The van der Waals surface area contributed by atoms with Crippen LogP contribution < -0.4 is 15.1 Å². The monoisotopic (exact) mass is 508 g/mol. The second-order valence-electron chi connectivity index (χ2n) is 9.79. The van der Waals surface area contributed by atoms with Crippen molar-refractivity contribution < 1.29 is 19.0 Å². The maximum atomic E-state index is 12.7. The molecule has 14 heteroatoms. The molecule has 1 N–H and O–H groups in total. The molecule has 3 aromatic rings. The van der Waals surface area contributed by atoms with Gasteiger partial charge in [0.05, 0.1) is 13.2 Å². The van der Waals surface area contributed by atoms with Crippen LogP contribution in [0.25, 0.3) is 11.4 Å². The lowest BCUT2D eigenvalue weighted by Crippen LogP contribution is -2.59. The van der Waals surface area contributed by atoms with Crippen molar-refractivity contribution in [3.05, 3.63) is 30.3 Å². The van der Waals surface area contributed by atoms with Crippen LogP contribution in [0.5, 0.6) is 0 Å². The highest BCUT2D eigenvalue weighted by atomic mass is 16.7. The number of benzene rings is 1. The van der Waals surface area contributed by atoms with Gasteiger partial charge in [0.15, 0.2) is 12.3 Å². The first-order valence-corrected chi connectivity index (χ1v) is 12.2. The van der Waals surface area contributed by atoms with Gasteiger partial charge in [-0.25, -0.2) is 4.79 Å². The van der Waals surface area contributed by atoms with E-state index in [9.17, 15) is 4.79 Å². The van der Waals surface area contributed by atoms with E-state index in [1.165, 1.54) is 4.80 Å². The Labute approximate surface area is 212 Å². The van der Waals surface area contributed by atoms with Crippen molar-refractivity contribution in [3.8, 4) is 11.4 Å². The molecular formula is C23H28N10O4. The number of carbonyl (C=O) groups is 1. The first-order valence-electron chi connectivity index (χ1n) is 12.2. The molecule has 3 aliphatic heterocycles. The van der Waals surface area contributed by atoms with Crippen LogP contribution in [-0.2, 0) is 25.5 Å². The summed E-state index contributed by atoms with van der Waals surface area (Å²) in [7, 11) is 0. The molecule has 6 rings (SSSR count). The minimum Gasteiger partial charge on any atom is -0.462 e. The molecule has 37 heavy (non-hydrogen) atoms. The van der Waals surface area contributed by atoms with Gasteiger partial charge in [-0.3, -0.25) is 0 Å². The zero-order valence-corrected chi connectivity index (χ0v) is 20.7. The predicted octanol–water partition coefficient (Wildman–Crippen LogP) is 0.342. The van der Waals surface area contributed by atoms with Crippen molar-refractivity contribution in [1.82, 2.24) is 35.2 Å².